The Labute approximate surface area is 165 Å². The number of hydrogen-bond acceptors (Lipinski definition) is 1. The van der Waals surface area contributed by atoms with Gasteiger partial charge in [-0.2, -0.15) is 0 Å². The van der Waals surface area contributed by atoms with Gasteiger partial charge in [-0.15, -0.1) is 0 Å². The molecule has 2 aromatic carbocycles. The molecule has 2 amide bonds. The third-order valence-corrected chi connectivity index (χ3v) is 4.95. The summed E-state index contributed by atoms with van der Waals surface area (Å²) in [6.07, 6.45) is 0. The van der Waals surface area contributed by atoms with Crippen molar-refractivity contribution in [2.75, 3.05) is 5.32 Å². The summed E-state index contributed by atoms with van der Waals surface area (Å²) in [7, 11) is 0. The van der Waals surface area contributed by atoms with E-state index in [2.05, 4.69) is 35.1 Å². The summed E-state index contributed by atoms with van der Waals surface area (Å²) in [5.74, 6) is 0. The van der Waals surface area contributed by atoms with E-state index >= 15 is 0 Å². The molecule has 4 nitrogen and oxygen atoms in total. The minimum absolute atomic E-state index is 0.208. The van der Waals surface area contributed by atoms with Gasteiger partial charge >= 0.3 is 6.03 Å². The number of hydrogen-bond donors (Lipinski definition) is 2. The lowest BCUT2D eigenvalue weighted by Gasteiger charge is -2.12. The summed E-state index contributed by atoms with van der Waals surface area (Å²) in [6, 6.07) is 15.6. The largest absolute Gasteiger partial charge is 0.334 e. The molecule has 140 valence electrons. The molecule has 0 aliphatic heterocycles. The van der Waals surface area contributed by atoms with Crippen LogP contribution in [-0.4, -0.2) is 10.6 Å². The highest BCUT2D eigenvalue weighted by Gasteiger charge is 2.12. The molecular weight excluding hydrogens is 358 g/mol. The third-order valence-electron chi connectivity index (χ3n) is 4.70. The number of carbonyl (C=O) groups is 1. The SMILES string of the molecule is Cc1ccc(C)c(NC(=O)NCc2cc(C)n(-c3ccc(Cl)cc3)c2C)c1. The van der Waals surface area contributed by atoms with Crippen molar-refractivity contribution in [3.63, 3.8) is 0 Å². The molecule has 0 unspecified atom stereocenters. The first-order valence-electron chi connectivity index (χ1n) is 8.91. The van der Waals surface area contributed by atoms with Crippen molar-refractivity contribution in [1.29, 1.82) is 0 Å². The highest BCUT2D eigenvalue weighted by Crippen LogP contribution is 2.22. The molecule has 0 radical (unpaired) electrons. The Hall–Kier alpha value is -2.72. The average Bonchev–Trinajstić information content (AvgIpc) is 2.91. The zero-order valence-electron chi connectivity index (χ0n) is 16.1. The van der Waals surface area contributed by atoms with Crippen LogP contribution >= 0.6 is 11.6 Å². The van der Waals surface area contributed by atoms with Gasteiger partial charge in [0.1, 0.15) is 0 Å². The van der Waals surface area contributed by atoms with Crippen molar-refractivity contribution < 1.29 is 4.79 Å². The fraction of sp³-hybridized carbons (Fsp3) is 0.227. The van der Waals surface area contributed by atoms with Crippen molar-refractivity contribution >= 4 is 23.3 Å². The number of rotatable bonds is 4. The van der Waals surface area contributed by atoms with Crippen LogP contribution in [0.4, 0.5) is 10.5 Å². The molecular formula is C22H24ClN3O. The molecule has 0 saturated carbocycles. The van der Waals surface area contributed by atoms with Crippen LogP contribution in [0.5, 0.6) is 0 Å². The topological polar surface area (TPSA) is 46.1 Å². The van der Waals surface area contributed by atoms with Crippen molar-refractivity contribution in [3.05, 3.63) is 81.6 Å². The summed E-state index contributed by atoms with van der Waals surface area (Å²) in [5, 5.41) is 6.59. The van der Waals surface area contributed by atoms with E-state index in [1.807, 2.05) is 56.3 Å². The highest BCUT2D eigenvalue weighted by molar-refractivity contribution is 6.30. The molecule has 2 N–H and O–H groups in total. The van der Waals surface area contributed by atoms with Crippen LogP contribution in [-0.2, 0) is 6.54 Å². The summed E-state index contributed by atoms with van der Waals surface area (Å²) in [6.45, 7) is 8.56. The van der Waals surface area contributed by atoms with Crippen molar-refractivity contribution in [3.8, 4) is 5.69 Å². The van der Waals surface area contributed by atoms with Gasteiger partial charge < -0.3 is 15.2 Å². The van der Waals surface area contributed by atoms with E-state index in [1.165, 1.54) is 0 Å². The molecule has 0 fully saturated rings. The predicted molar refractivity (Wildman–Crippen MR) is 112 cm³/mol. The number of nitrogens with one attached hydrogen (secondary N) is 2. The van der Waals surface area contributed by atoms with Crippen LogP contribution in [0.2, 0.25) is 5.02 Å². The van der Waals surface area contributed by atoms with Crippen LogP contribution < -0.4 is 10.6 Å². The molecule has 5 heteroatoms. The van der Waals surface area contributed by atoms with Gasteiger partial charge in [0.2, 0.25) is 0 Å². The molecule has 0 aliphatic carbocycles. The zero-order valence-corrected chi connectivity index (χ0v) is 16.8. The molecule has 3 aromatic rings. The monoisotopic (exact) mass is 381 g/mol. The van der Waals surface area contributed by atoms with E-state index in [0.29, 0.717) is 11.6 Å². The maximum atomic E-state index is 12.3. The smallest absolute Gasteiger partial charge is 0.319 e. The number of nitrogens with zero attached hydrogens (tertiary/aromatic N) is 1. The highest BCUT2D eigenvalue weighted by atomic mass is 35.5. The lowest BCUT2D eigenvalue weighted by atomic mass is 10.1. The van der Waals surface area contributed by atoms with Crippen molar-refractivity contribution in [2.24, 2.45) is 0 Å². The second-order valence-electron chi connectivity index (χ2n) is 6.83. The van der Waals surface area contributed by atoms with E-state index in [-0.39, 0.29) is 6.03 Å². The van der Waals surface area contributed by atoms with Gasteiger partial charge in [0.05, 0.1) is 0 Å². The second-order valence-corrected chi connectivity index (χ2v) is 7.27. The van der Waals surface area contributed by atoms with Gasteiger partial charge in [0.15, 0.2) is 0 Å². The summed E-state index contributed by atoms with van der Waals surface area (Å²) >= 11 is 5.99. The maximum absolute atomic E-state index is 12.3. The van der Waals surface area contributed by atoms with Crippen LogP contribution in [0.1, 0.15) is 28.1 Å². The number of urea groups is 1. The Morgan fingerprint density at radius 1 is 1.00 bits per heavy atom. The molecule has 0 bridgehead atoms. The first-order valence-corrected chi connectivity index (χ1v) is 9.29. The molecule has 3 rings (SSSR count). The van der Waals surface area contributed by atoms with Gasteiger partial charge in [-0.25, -0.2) is 4.79 Å². The number of halogens is 1. The van der Waals surface area contributed by atoms with E-state index in [4.69, 9.17) is 11.6 Å². The molecule has 0 atom stereocenters. The van der Waals surface area contributed by atoms with Gasteiger partial charge in [-0.05, 0) is 80.8 Å². The summed E-state index contributed by atoms with van der Waals surface area (Å²) in [4.78, 5) is 12.3. The maximum Gasteiger partial charge on any atom is 0.319 e. The molecule has 0 aliphatic rings. The van der Waals surface area contributed by atoms with Crippen LogP contribution in [0.25, 0.3) is 5.69 Å². The predicted octanol–water partition coefficient (Wildman–Crippen LogP) is 5.69. The van der Waals surface area contributed by atoms with E-state index in [1.54, 1.807) is 0 Å². The van der Waals surface area contributed by atoms with E-state index in [0.717, 1.165) is 39.5 Å². The van der Waals surface area contributed by atoms with Gasteiger partial charge in [-0.3, -0.25) is 0 Å². The Morgan fingerprint density at radius 3 is 2.41 bits per heavy atom. The van der Waals surface area contributed by atoms with Crippen molar-refractivity contribution in [2.45, 2.75) is 34.2 Å². The number of aromatic nitrogens is 1. The Morgan fingerprint density at radius 2 is 1.70 bits per heavy atom. The number of benzene rings is 2. The molecule has 1 heterocycles. The van der Waals surface area contributed by atoms with Gasteiger partial charge in [0, 0.05) is 34.3 Å². The number of carbonyl (C=O) groups excluding carboxylic acids is 1. The normalized spacial score (nSPS) is 10.7. The molecule has 0 saturated heterocycles. The summed E-state index contributed by atoms with van der Waals surface area (Å²) in [5.41, 5.74) is 7.33. The Kier molecular flexibility index (Phi) is 5.57. The second kappa shape index (κ2) is 7.89. The van der Waals surface area contributed by atoms with E-state index < -0.39 is 0 Å². The van der Waals surface area contributed by atoms with Crippen LogP contribution in [0, 0.1) is 27.7 Å². The minimum Gasteiger partial charge on any atom is -0.334 e. The van der Waals surface area contributed by atoms with E-state index in [9.17, 15) is 4.79 Å². The van der Waals surface area contributed by atoms with Gasteiger partial charge in [-0.1, -0.05) is 23.7 Å². The lowest BCUT2D eigenvalue weighted by Crippen LogP contribution is -2.28. The number of aryl methyl sites for hydroxylation is 3. The van der Waals surface area contributed by atoms with Crippen molar-refractivity contribution in [1.82, 2.24) is 9.88 Å². The molecule has 27 heavy (non-hydrogen) atoms. The quantitative estimate of drug-likeness (QED) is 0.599. The van der Waals surface area contributed by atoms with Crippen LogP contribution in [0.3, 0.4) is 0 Å². The first kappa shape index (κ1) is 19.1. The Bertz CT molecular complexity index is 974. The van der Waals surface area contributed by atoms with Crippen LogP contribution in [0.15, 0.2) is 48.5 Å². The fourth-order valence-electron chi connectivity index (χ4n) is 3.21. The minimum atomic E-state index is -0.208. The zero-order chi connectivity index (χ0) is 19.6. The molecule has 0 spiro atoms. The summed E-state index contributed by atoms with van der Waals surface area (Å²) < 4.78 is 2.16. The molecule has 1 aromatic heterocycles. The average molecular weight is 382 g/mol. The first-order chi connectivity index (χ1) is 12.8. The lowest BCUT2D eigenvalue weighted by molar-refractivity contribution is 0.251. The van der Waals surface area contributed by atoms with Gasteiger partial charge in [0.25, 0.3) is 0 Å². The number of amides is 2. The third kappa shape index (κ3) is 4.34. The standard InChI is InChI=1S/C22H24ClN3O/c1-14-5-6-15(2)21(11-14)25-22(27)24-13-18-12-16(3)26(17(18)4)20-9-7-19(23)8-10-20/h5-12H,13H2,1-4H3,(H2,24,25,27). The Balaban J connectivity index is 1.71. The number of anilines is 1. The fourth-order valence-corrected chi connectivity index (χ4v) is 3.33.